The minimum Gasteiger partial charge on any atom is -0.407 e. The number of fused-ring (bicyclic) bond motifs is 3. The van der Waals surface area contributed by atoms with Crippen molar-refractivity contribution in [1.29, 1.82) is 0 Å². The smallest absolute Gasteiger partial charge is 0.407 e. The Balaban J connectivity index is 0.000000145. The number of nitrogens with zero attached hydrogens (tertiary/aromatic N) is 7. The zero-order valence-electron chi connectivity index (χ0n) is 43.4. The monoisotopic (exact) mass is 1180 g/mol. The van der Waals surface area contributed by atoms with E-state index in [1.807, 2.05) is 99.9 Å². The van der Waals surface area contributed by atoms with Crippen LogP contribution in [0.2, 0.25) is 0 Å². The highest BCUT2D eigenvalue weighted by Crippen LogP contribution is 2.40. The molecule has 1 aliphatic heterocycles. The molecule has 6 N–H and O–H groups in total. The molecule has 0 bridgehead atoms. The van der Waals surface area contributed by atoms with Crippen LogP contribution in [0.1, 0.15) is 34.6 Å². The van der Waals surface area contributed by atoms with E-state index in [0.717, 1.165) is 68.4 Å². The number of aromatic nitrogens is 7. The molecule has 79 heavy (non-hydrogen) atoms. The lowest BCUT2D eigenvalue weighted by molar-refractivity contribution is 0.0344. The van der Waals surface area contributed by atoms with Crippen molar-refractivity contribution in [2.45, 2.75) is 34.6 Å². The van der Waals surface area contributed by atoms with Gasteiger partial charge >= 0.3 is 25.2 Å². The number of urea groups is 3. The molecule has 0 radical (unpaired) electrons. The molecule has 402 valence electrons. The zero-order chi connectivity index (χ0) is 55.5. The lowest BCUT2D eigenvalue weighted by Crippen LogP contribution is -2.47. The van der Waals surface area contributed by atoms with Crippen molar-refractivity contribution < 1.29 is 28.1 Å². The summed E-state index contributed by atoms with van der Waals surface area (Å²) in [5.41, 5.74) is 10.00. The molecule has 0 spiro atoms. The van der Waals surface area contributed by atoms with E-state index < -0.39 is 7.12 Å². The number of halogens is 2. The van der Waals surface area contributed by atoms with E-state index in [2.05, 4.69) is 103 Å². The predicted octanol–water partition coefficient (Wildman–Crippen LogP) is 12.2. The number of thiazole rings is 3. The highest BCUT2D eigenvalue weighted by atomic mass is 79.9. The van der Waals surface area contributed by atoms with Crippen LogP contribution < -0.4 is 37.4 Å². The normalized spacial score (nSPS) is 12.7. The summed E-state index contributed by atoms with van der Waals surface area (Å²) in [6.07, 6.45) is 13.5. The van der Waals surface area contributed by atoms with Crippen LogP contribution >= 0.6 is 49.9 Å². The van der Waals surface area contributed by atoms with Gasteiger partial charge in [0.1, 0.15) is 5.82 Å². The second-order valence-corrected chi connectivity index (χ2v) is 22.2. The van der Waals surface area contributed by atoms with Crippen molar-refractivity contribution in [3.8, 4) is 44.5 Å². The maximum Gasteiger partial charge on any atom is 0.495 e. The van der Waals surface area contributed by atoms with E-state index in [0.29, 0.717) is 64.9 Å². The molecule has 8 heterocycles. The summed E-state index contributed by atoms with van der Waals surface area (Å²) >= 11 is 7.72. The SMILES string of the molecule is CCNC(=O)Nc1nc2cc(-c3cccnc3)cc(-c3cnccc3F)c2s1.CCNC(=O)Nc1nc2cc(-c3cccnc3)cc(B3OCC(C)(C)CO3)c2s1.CCNC(=O)Nc1nc2cc(-c3cccnc3)cc(Br)c2s1. The van der Waals surface area contributed by atoms with Gasteiger partial charge < -0.3 is 25.3 Å². The van der Waals surface area contributed by atoms with Gasteiger partial charge in [-0.2, -0.15) is 0 Å². The van der Waals surface area contributed by atoms with Gasteiger partial charge in [0.15, 0.2) is 15.4 Å². The second kappa shape index (κ2) is 25.7. The van der Waals surface area contributed by atoms with Gasteiger partial charge in [0.25, 0.3) is 0 Å². The molecule has 1 saturated heterocycles. The van der Waals surface area contributed by atoms with Crippen molar-refractivity contribution in [2.24, 2.45) is 5.41 Å². The number of nitrogens with one attached hydrogen (secondary N) is 6. The molecule has 1 fully saturated rings. The molecule has 10 aromatic rings. The second-order valence-electron chi connectivity index (χ2n) is 18.3. The molecule has 0 aliphatic carbocycles. The van der Waals surface area contributed by atoms with Gasteiger partial charge in [0, 0.05) is 126 Å². The number of hydrogen-bond donors (Lipinski definition) is 6. The topological polar surface area (TPSA) is 232 Å². The molecule has 0 atom stereocenters. The van der Waals surface area contributed by atoms with E-state index in [-0.39, 0.29) is 29.3 Å². The van der Waals surface area contributed by atoms with Gasteiger partial charge in [-0.1, -0.05) is 72.1 Å². The molecule has 18 nitrogen and oxygen atoms in total. The zero-order valence-corrected chi connectivity index (χ0v) is 47.4. The molecular weight excluding hydrogens is 1130 g/mol. The Labute approximate surface area is 474 Å². The van der Waals surface area contributed by atoms with Crippen molar-refractivity contribution in [1.82, 2.24) is 50.8 Å². The fraction of sp³-hybridized carbons (Fsp3) is 0.200. The molecule has 7 aromatic heterocycles. The molecule has 11 rings (SSSR count). The lowest BCUT2D eigenvalue weighted by atomic mass is 9.75. The maximum atomic E-state index is 14.5. The Bertz CT molecular complexity index is 3760. The van der Waals surface area contributed by atoms with Crippen LogP contribution in [0, 0.1) is 11.2 Å². The van der Waals surface area contributed by atoms with Crippen LogP contribution in [0.25, 0.3) is 75.2 Å². The van der Waals surface area contributed by atoms with Crippen LogP contribution in [0.5, 0.6) is 0 Å². The number of benzene rings is 3. The molecular formula is C55H52BBrFN13O5S3. The number of hydrogen-bond acceptors (Lipinski definition) is 15. The van der Waals surface area contributed by atoms with Crippen LogP contribution in [0.15, 0.2) is 133 Å². The predicted molar refractivity (Wildman–Crippen MR) is 319 cm³/mol. The third-order valence-corrected chi connectivity index (χ3v) is 15.6. The first-order valence-corrected chi connectivity index (χ1v) is 28.2. The quantitative estimate of drug-likeness (QED) is 0.0664. The third-order valence-electron chi connectivity index (χ3n) is 11.7. The van der Waals surface area contributed by atoms with Gasteiger partial charge in [-0.15, -0.1) is 0 Å². The Morgan fingerprint density at radius 2 is 0.987 bits per heavy atom. The summed E-state index contributed by atoms with van der Waals surface area (Å²) in [7, 11) is -0.472. The number of pyridine rings is 4. The van der Waals surface area contributed by atoms with Gasteiger partial charge in [-0.25, -0.2) is 33.7 Å². The first-order valence-electron chi connectivity index (χ1n) is 25.0. The molecule has 0 unspecified atom stereocenters. The van der Waals surface area contributed by atoms with Crippen molar-refractivity contribution in [3.05, 3.63) is 139 Å². The number of amides is 6. The van der Waals surface area contributed by atoms with Gasteiger partial charge in [-0.3, -0.25) is 35.9 Å². The minimum atomic E-state index is -0.472. The first-order chi connectivity index (χ1) is 38.3. The Morgan fingerprint density at radius 3 is 1.46 bits per heavy atom. The number of rotatable bonds is 11. The Kier molecular flexibility index (Phi) is 18.2. The largest absolute Gasteiger partial charge is 0.495 e. The molecule has 1 aliphatic rings. The van der Waals surface area contributed by atoms with Gasteiger partial charge in [-0.05, 0) is 108 Å². The highest BCUT2D eigenvalue weighted by Gasteiger charge is 2.35. The van der Waals surface area contributed by atoms with Crippen molar-refractivity contribution >= 4 is 127 Å². The minimum absolute atomic E-state index is 0.0186. The molecule has 3 aromatic carbocycles. The van der Waals surface area contributed by atoms with E-state index in [4.69, 9.17) is 9.31 Å². The maximum absolute atomic E-state index is 14.5. The number of carbonyl (C=O) groups is 3. The first kappa shape index (κ1) is 55.9. The average Bonchev–Trinajstić information content (AvgIpc) is 4.36. The summed E-state index contributed by atoms with van der Waals surface area (Å²) in [5.74, 6) is -0.369. The molecule has 24 heteroatoms. The number of anilines is 3. The van der Waals surface area contributed by atoms with Crippen LogP contribution in [0.4, 0.5) is 34.2 Å². The van der Waals surface area contributed by atoms with E-state index in [1.165, 1.54) is 52.5 Å². The summed E-state index contributed by atoms with van der Waals surface area (Å²) < 4.78 is 30.3. The van der Waals surface area contributed by atoms with Gasteiger partial charge in [0.2, 0.25) is 0 Å². The third kappa shape index (κ3) is 14.1. The Morgan fingerprint density at radius 1 is 0.557 bits per heavy atom. The van der Waals surface area contributed by atoms with E-state index in [9.17, 15) is 18.8 Å². The van der Waals surface area contributed by atoms with Crippen LogP contribution in [-0.4, -0.2) is 92.9 Å². The summed E-state index contributed by atoms with van der Waals surface area (Å²) in [4.78, 5) is 65.6. The molecule has 0 saturated carbocycles. The van der Waals surface area contributed by atoms with Gasteiger partial charge in [0.05, 0.1) is 30.6 Å². The number of carbonyl (C=O) groups excluding carboxylic acids is 3. The standard InChI is InChI=1S/C20H23BN4O3S.C20H16FN5OS.C15H13BrN4OS/c1-4-23-18(26)25-19-24-16-9-14(13-6-5-7-22-10-13)8-15(17(16)29-19)21-27-11-20(2,3)12-28-21;1-2-24-19(27)26-20-25-17-9-13(12-4-3-6-22-10-12)8-14(18(17)28-20)15-11-23-7-5-16(15)21;1-2-18-14(21)20-15-19-12-7-10(6-11(16)13(12)22-15)9-4-3-5-17-8-9/h5-10H,4,11-12H2,1-3H3,(H2,23,24,25,26);3-11H,2H2,1H3,(H2,24,25,26,27);3-8H,2H2,1H3,(H2,18,19,20,21). The summed E-state index contributed by atoms with van der Waals surface area (Å²) in [6.45, 7) is 12.7. The average molecular weight is 1180 g/mol. The van der Waals surface area contributed by atoms with E-state index >= 15 is 0 Å². The van der Waals surface area contributed by atoms with Crippen molar-refractivity contribution in [3.63, 3.8) is 0 Å². The highest BCUT2D eigenvalue weighted by molar-refractivity contribution is 9.10. The Hall–Kier alpha value is -7.87. The van der Waals surface area contributed by atoms with Crippen molar-refractivity contribution in [2.75, 3.05) is 48.8 Å². The van der Waals surface area contributed by atoms with Crippen LogP contribution in [0.3, 0.4) is 0 Å². The molecule has 6 amide bonds. The summed E-state index contributed by atoms with van der Waals surface area (Å²) in [5, 5.41) is 17.9. The summed E-state index contributed by atoms with van der Waals surface area (Å²) in [6, 6.07) is 24.0. The van der Waals surface area contributed by atoms with Crippen LogP contribution in [-0.2, 0) is 9.31 Å². The fourth-order valence-electron chi connectivity index (χ4n) is 8.07. The lowest BCUT2D eigenvalue weighted by Gasteiger charge is -2.33. The van der Waals surface area contributed by atoms with E-state index in [1.54, 1.807) is 24.8 Å². The fourth-order valence-corrected chi connectivity index (χ4v) is 11.5.